The first-order valence-electron chi connectivity index (χ1n) is 4.80. The van der Waals surface area contributed by atoms with Gasteiger partial charge in [-0.05, 0) is 0 Å². The molecule has 6 nitrogen and oxygen atoms in total. The molecule has 0 aliphatic carbocycles. The number of carbonyl (C=O) groups excluding carboxylic acids is 2. The number of imide groups is 1. The molecule has 16 heavy (non-hydrogen) atoms. The van der Waals surface area contributed by atoms with E-state index in [1.165, 1.54) is 13.4 Å². The third-order valence-electron chi connectivity index (χ3n) is 2.86. The van der Waals surface area contributed by atoms with Gasteiger partial charge in [0.2, 0.25) is 11.5 Å². The van der Waals surface area contributed by atoms with E-state index in [0.717, 1.165) is 4.90 Å². The number of H-pyrrole nitrogens is 1. The van der Waals surface area contributed by atoms with Gasteiger partial charge in [-0.1, -0.05) is 0 Å². The van der Waals surface area contributed by atoms with Crippen LogP contribution in [-0.2, 0) is 0 Å². The third kappa shape index (κ3) is 1.27. The Hall–Kier alpha value is -1.40. The van der Waals surface area contributed by atoms with Crippen molar-refractivity contribution in [1.29, 1.82) is 0 Å². The van der Waals surface area contributed by atoms with E-state index in [1.54, 1.807) is 7.05 Å². The molecule has 0 spiro atoms. The summed E-state index contributed by atoms with van der Waals surface area (Å²) in [5.74, 6) is 0.447. The Morgan fingerprint density at radius 2 is 2.25 bits per heavy atom. The Morgan fingerprint density at radius 3 is 2.88 bits per heavy atom. The highest BCUT2D eigenvalue weighted by atomic mass is 35.5. The molecule has 0 aromatic carbocycles. The van der Waals surface area contributed by atoms with Gasteiger partial charge in [0.15, 0.2) is 0 Å². The maximum absolute atomic E-state index is 12.1. The molecule has 1 aromatic heterocycles. The number of imidazole rings is 1. The fourth-order valence-electron chi connectivity index (χ4n) is 1.87. The molecular weight excluding hydrogens is 232 g/mol. The number of aromatic amines is 1. The number of nitrogens with zero attached hydrogens (tertiary/aromatic N) is 3. The summed E-state index contributed by atoms with van der Waals surface area (Å²) in [6, 6.07) is -0.303. The fourth-order valence-corrected chi connectivity index (χ4v) is 2.21. The van der Waals surface area contributed by atoms with E-state index in [4.69, 9.17) is 11.6 Å². The topological polar surface area (TPSA) is 66.1 Å². The molecule has 7 heteroatoms. The minimum atomic E-state index is -0.383. The lowest BCUT2D eigenvalue weighted by Gasteiger charge is -2.35. The molecule has 0 fully saturated rings. The summed E-state index contributed by atoms with van der Waals surface area (Å²) in [4.78, 5) is 31.7. The van der Waals surface area contributed by atoms with E-state index < -0.39 is 0 Å². The standard InChI is InChI=1S/C9H11ClN4O2/c1-13-8(15)6-7(12-5-11-6)14(2,4-3-10)9(13)16/h5H,3-4H2,1-2H3/p+1. The number of fused-ring (bicyclic) bond motifs is 1. The molecule has 0 saturated heterocycles. The molecule has 1 N–H and O–H groups in total. The number of halogens is 1. The van der Waals surface area contributed by atoms with Gasteiger partial charge in [-0.25, -0.2) is 14.7 Å². The zero-order valence-corrected chi connectivity index (χ0v) is 9.78. The summed E-state index contributed by atoms with van der Waals surface area (Å²) in [5, 5.41) is 0. The van der Waals surface area contributed by atoms with Crippen LogP contribution in [0.5, 0.6) is 0 Å². The number of urea groups is 1. The molecule has 0 bridgehead atoms. The molecule has 0 saturated carbocycles. The van der Waals surface area contributed by atoms with Crippen LogP contribution in [0.3, 0.4) is 0 Å². The summed E-state index contributed by atoms with van der Waals surface area (Å²) in [6.45, 7) is 0.410. The predicted molar refractivity (Wildman–Crippen MR) is 59.4 cm³/mol. The van der Waals surface area contributed by atoms with Crippen molar-refractivity contribution in [2.24, 2.45) is 0 Å². The molecule has 1 aromatic rings. The molecule has 2 heterocycles. The fraction of sp³-hybridized carbons (Fsp3) is 0.444. The van der Waals surface area contributed by atoms with Crippen molar-refractivity contribution in [1.82, 2.24) is 19.4 Å². The van der Waals surface area contributed by atoms with Crippen LogP contribution in [0.1, 0.15) is 10.5 Å². The third-order valence-corrected chi connectivity index (χ3v) is 3.03. The molecule has 1 unspecified atom stereocenters. The quantitative estimate of drug-likeness (QED) is 0.617. The molecule has 0 radical (unpaired) electrons. The number of carbonyl (C=O) groups is 2. The van der Waals surface area contributed by atoms with Crippen molar-refractivity contribution < 1.29 is 9.59 Å². The van der Waals surface area contributed by atoms with Gasteiger partial charge in [-0.15, -0.1) is 11.6 Å². The normalized spacial score (nSPS) is 24.8. The highest BCUT2D eigenvalue weighted by Crippen LogP contribution is 2.29. The second-order valence-corrected chi connectivity index (χ2v) is 4.23. The summed E-state index contributed by atoms with van der Waals surface area (Å²) < 4.78 is -0.0545. The van der Waals surface area contributed by atoms with E-state index in [9.17, 15) is 9.59 Å². The molecule has 1 aliphatic rings. The Labute approximate surface area is 97.4 Å². The van der Waals surface area contributed by atoms with Crippen LogP contribution in [0, 0.1) is 0 Å². The summed E-state index contributed by atoms with van der Waals surface area (Å²) in [6.07, 6.45) is 1.42. The van der Waals surface area contributed by atoms with Crippen LogP contribution in [-0.4, -0.2) is 53.3 Å². The number of quaternary nitrogens is 1. The predicted octanol–water partition coefficient (Wildman–Crippen LogP) is 0.791. The number of amides is 3. The van der Waals surface area contributed by atoms with Crippen LogP contribution in [0.4, 0.5) is 10.6 Å². The highest BCUT2D eigenvalue weighted by Gasteiger charge is 2.49. The zero-order valence-electron chi connectivity index (χ0n) is 9.03. The van der Waals surface area contributed by atoms with Gasteiger partial charge < -0.3 is 0 Å². The Bertz CT molecular complexity index is 458. The Balaban J connectivity index is 2.59. The highest BCUT2D eigenvalue weighted by molar-refractivity contribution is 6.18. The largest absolute Gasteiger partial charge is 0.432 e. The number of hydrogen-bond acceptors (Lipinski definition) is 3. The lowest BCUT2D eigenvalue weighted by molar-refractivity contribution is 0.0774. The smallest absolute Gasteiger partial charge is 0.299 e. The van der Waals surface area contributed by atoms with Gasteiger partial charge in [0, 0.05) is 7.05 Å². The van der Waals surface area contributed by atoms with Gasteiger partial charge in [-0.2, -0.15) is 4.48 Å². The molecular formula is C9H12ClN4O2+. The molecule has 86 valence electrons. The van der Waals surface area contributed by atoms with Crippen LogP contribution in [0.2, 0.25) is 0 Å². The van der Waals surface area contributed by atoms with Crippen molar-refractivity contribution in [3.8, 4) is 0 Å². The minimum Gasteiger partial charge on any atom is -0.299 e. The van der Waals surface area contributed by atoms with E-state index in [2.05, 4.69) is 9.97 Å². The summed E-state index contributed by atoms with van der Waals surface area (Å²) >= 11 is 5.70. The van der Waals surface area contributed by atoms with Crippen molar-refractivity contribution in [2.75, 3.05) is 26.5 Å². The number of alkyl halides is 1. The zero-order chi connectivity index (χ0) is 11.9. The van der Waals surface area contributed by atoms with Crippen molar-refractivity contribution >= 4 is 29.4 Å². The second-order valence-electron chi connectivity index (χ2n) is 3.85. The first-order chi connectivity index (χ1) is 7.52. The average Bonchev–Trinajstić information content (AvgIpc) is 2.74. The van der Waals surface area contributed by atoms with E-state index in [0.29, 0.717) is 18.2 Å². The number of aromatic nitrogens is 2. The minimum absolute atomic E-state index is 0.0545. The van der Waals surface area contributed by atoms with Gasteiger partial charge in [0.05, 0.1) is 19.3 Å². The maximum Gasteiger partial charge on any atom is 0.432 e. The van der Waals surface area contributed by atoms with Crippen LogP contribution in [0.15, 0.2) is 6.33 Å². The molecule has 1 aliphatic heterocycles. The van der Waals surface area contributed by atoms with Gasteiger partial charge in [-0.3, -0.25) is 9.78 Å². The Kier molecular flexibility index (Phi) is 2.47. The summed E-state index contributed by atoms with van der Waals surface area (Å²) in [5.41, 5.74) is 0.287. The van der Waals surface area contributed by atoms with Crippen LogP contribution in [0.25, 0.3) is 0 Å². The lowest BCUT2D eigenvalue weighted by atomic mass is 10.2. The maximum atomic E-state index is 12.1. The monoisotopic (exact) mass is 243 g/mol. The average molecular weight is 244 g/mol. The number of rotatable bonds is 2. The first-order valence-corrected chi connectivity index (χ1v) is 5.34. The first kappa shape index (κ1) is 11.1. The lowest BCUT2D eigenvalue weighted by Crippen LogP contribution is -2.62. The Morgan fingerprint density at radius 1 is 1.56 bits per heavy atom. The van der Waals surface area contributed by atoms with Gasteiger partial charge in [0.25, 0.3) is 5.91 Å². The second kappa shape index (κ2) is 3.57. The van der Waals surface area contributed by atoms with Gasteiger partial charge >= 0.3 is 6.03 Å². The number of nitrogens with one attached hydrogen (secondary N) is 1. The van der Waals surface area contributed by atoms with Crippen molar-refractivity contribution in [3.63, 3.8) is 0 Å². The molecule has 1 atom stereocenters. The van der Waals surface area contributed by atoms with Crippen LogP contribution < -0.4 is 4.48 Å². The van der Waals surface area contributed by atoms with Crippen LogP contribution >= 0.6 is 11.6 Å². The van der Waals surface area contributed by atoms with E-state index in [1.807, 2.05) is 0 Å². The SMILES string of the molecule is CN1C(=O)c2nc[nH]c2[N+](C)(CCCl)C1=O. The molecule has 2 rings (SSSR count). The van der Waals surface area contributed by atoms with E-state index >= 15 is 0 Å². The van der Waals surface area contributed by atoms with Crippen molar-refractivity contribution in [2.45, 2.75) is 0 Å². The summed E-state index contributed by atoms with van der Waals surface area (Å²) in [7, 11) is 3.16. The van der Waals surface area contributed by atoms with E-state index in [-0.39, 0.29) is 22.1 Å². The van der Waals surface area contributed by atoms with Crippen molar-refractivity contribution in [3.05, 3.63) is 12.0 Å². The van der Waals surface area contributed by atoms with Gasteiger partial charge in [0.1, 0.15) is 6.54 Å². The molecule has 3 amide bonds. The number of hydrogen-bond donors (Lipinski definition) is 1.